The van der Waals surface area contributed by atoms with Gasteiger partial charge >= 0.3 is 6.61 Å². The molecule has 3 rings (SSSR count). The van der Waals surface area contributed by atoms with Gasteiger partial charge in [-0.2, -0.15) is 8.78 Å². The summed E-state index contributed by atoms with van der Waals surface area (Å²) in [6.45, 7) is -1.32. The van der Waals surface area contributed by atoms with E-state index in [9.17, 15) is 28.3 Å². The van der Waals surface area contributed by atoms with E-state index >= 15 is 0 Å². The quantitative estimate of drug-likeness (QED) is 0.557. The number of nitrogens with zero attached hydrogens (tertiary/aromatic N) is 1. The molecule has 0 unspecified atom stereocenters. The van der Waals surface area contributed by atoms with Crippen LogP contribution in [-0.2, 0) is 4.79 Å². The van der Waals surface area contributed by atoms with Gasteiger partial charge in [-0.15, -0.1) is 0 Å². The first-order valence-electron chi connectivity index (χ1n) is 9.65. The number of carbonyl (C=O) groups excluding carboxylic acids is 3. The third-order valence-electron chi connectivity index (χ3n) is 4.59. The van der Waals surface area contributed by atoms with Gasteiger partial charge in [0.1, 0.15) is 5.75 Å². The second-order valence-electron chi connectivity index (χ2n) is 6.90. The summed E-state index contributed by atoms with van der Waals surface area (Å²) >= 11 is 0.718. The Morgan fingerprint density at radius 1 is 1.21 bits per heavy atom. The van der Waals surface area contributed by atoms with Crippen LogP contribution in [0.15, 0.2) is 41.3 Å². The topological polar surface area (TPSA) is 105 Å². The van der Waals surface area contributed by atoms with Crippen molar-refractivity contribution in [3.05, 3.63) is 58.0 Å². The lowest BCUT2D eigenvalue weighted by Gasteiger charge is -2.13. The number of ether oxygens (including phenoxy) is 2. The molecule has 33 heavy (non-hydrogen) atoms. The van der Waals surface area contributed by atoms with Crippen molar-refractivity contribution in [2.24, 2.45) is 0 Å². The van der Waals surface area contributed by atoms with Crippen LogP contribution in [0.25, 0.3) is 6.08 Å². The molecule has 1 aliphatic heterocycles. The van der Waals surface area contributed by atoms with Crippen LogP contribution in [0, 0.1) is 6.92 Å². The van der Waals surface area contributed by atoms with Crippen molar-refractivity contribution < 1.29 is 37.7 Å². The molecule has 1 fully saturated rings. The Hall–Kier alpha value is -3.60. The number of nitrogens with one attached hydrogen (secondary N) is 1. The minimum absolute atomic E-state index is 0.00897. The van der Waals surface area contributed by atoms with Gasteiger partial charge < -0.3 is 19.9 Å². The summed E-state index contributed by atoms with van der Waals surface area (Å²) < 4.78 is 34.3. The predicted molar refractivity (Wildman–Crippen MR) is 117 cm³/mol. The third kappa shape index (κ3) is 5.80. The van der Waals surface area contributed by atoms with Crippen LogP contribution in [-0.4, -0.2) is 53.9 Å². The first kappa shape index (κ1) is 24.1. The van der Waals surface area contributed by atoms with E-state index in [0.717, 1.165) is 22.2 Å². The van der Waals surface area contributed by atoms with Gasteiger partial charge in [0.05, 0.1) is 17.6 Å². The van der Waals surface area contributed by atoms with E-state index < -0.39 is 23.7 Å². The van der Waals surface area contributed by atoms with Gasteiger partial charge in [-0.3, -0.25) is 19.3 Å². The van der Waals surface area contributed by atoms with Gasteiger partial charge in [-0.05, 0) is 60.2 Å². The van der Waals surface area contributed by atoms with Crippen molar-refractivity contribution in [1.29, 1.82) is 0 Å². The Labute approximate surface area is 192 Å². The summed E-state index contributed by atoms with van der Waals surface area (Å²) in [6.07, 6.45) is 1.43. The lowest BCUT2D eigenvalue weighted by molar-refractivity contribution is -0.122. The lowest BCUT2D eigenvalue weighted by atomic mass is 10.1. The van der Waals surface area contributed by atoms with Gasteiger partial charge in [0.15, 0.2) is 11.5 Å². The standard InChI is InChI=1S/C22H20F2N2O6S/c1-12-3-5-14(15(27)9-12)19(28)25-7-8-26-20(29)18(33-22(26)30)11-13-4-6-16(32-21(23)24)17(10-13)31-2/h3-6,9-11,21,27H,7-8H2,1-2H3,(H,25,28)/b18-11-. The highest BCUT2D eigenvalue weighted by molar-refractivity contribution is 8.18. The number of aromatic hydroxyl groups is 1. The molecule has 0 spiro atoms. The molecular weight excluding hydrogens is 458 g/mol. The number of hydrogen-bond donors (Lipinski definition) is 2. The fourth-order valence-corrected chi connectivity index (χ4v) is 3.89. The molecule has 0 aromatic heterocycles. The molecule has 0 radical (unpaired) electrons. The first-order chi connectivity index (χ1) is 15.7. The smallest absolute Gasteiger partial charge is 0.387 e. The number of rotatable bonds is 8. The van der Waals surface area contributed by atoms with Crippen LogP contribution in [0.4, 0.5) is 13.6 Å². The zero-order chi connectivity index (χ0) is 24.1. The number of alkyl halides is 2. The number of amides is 3. The molecule has 0 bridgehead atoms. The summed E-state index contributed by atoms with van der Waals surface area (Å²) in [5.41, 5.74) is 1.33. The van der Waals surface area contributed by atoms with Crippen molar-refractivity contribution in [2.45, 2.75) is 13.5 Å². The molecule has 2 aromatic rings. The number of aryl methyl sites for hydroxylation is 1. The molecule has 174 valence electrons. The maximum Gasteiger partial charge on any atom is 0.387 e. The SMILES string of the molecule is COc1cc(/C=C2\SC(=O)N(CCNC(=O)c3ccc(C)cc3O)C2=O)ccc1OC(F)F. The number of methoxy groups -OCH3 is 1. The molecule has 1 heterocycles. The molecule has 0 aliphatic carbocycles. The van der Waals surface area contributed by atoms with Crippen LogP contribution < -0.4 is 14.8 Å². The van der Waals surface area contributed by atoms with Crippen LogP contribution in [0.5, 0.6) is 17.2 Å². The molecule has 2 aromatic carbocycles. The van der Waals surface area contributed by atoms with Crippen LogP contribution in [0.1, 0.15) is 21.5 Å². The summed E-state index contributed by atoms with van der Waals surface area (Å²) in [6, 6.07) is 8.74. The third-order valence-corrected chi connectivity index (χ3v) is 5.50. The number of phenolic OH excluding ortho intramolecular Hbond substituents is 1. The highest BCUT2D eigenvalue weighted by Crippen LogP contribution is 2.34. The minimum atomic E-state index is -3.02. The van der Waals surface area contributed by atoms with Crippen molar-refractivity contribution in [1.82, 2.24) is 10.2 Å². The van der Waals surface area contributed by atoms with Crippen LogP contribution >= 0.6 is 11.8 Å². The zero-order valence-corrected chi connectivity index (χ0v) is 18.4. The maximum absolute atomic E-state index is 12.6. The average molecular weight is 478 g/mol. The Balaban J connectivity index is 1.64. The number of benzene rings is 2. The monoisotopic (exact) mass is 478 g/mol. The number of imide groups is 1. The molecular formula is C22H20F2N2O6S. The maximum atomic E-state index is 12.6. The van der Waals surface area contributed by atoms with Gasteiger partial charge in [0, 0.05) is 13.1 Å². The molecule has 0 atom stereocenters. The largest absolute Gasteiger partial charge is 0.507 e. The van der Waals surface area contributed by atoms with Crippen LogP contribution in [0.2, 0.25) is 0 Å². The second-order valence-corrected chi connectivity index (χ2v) is 7.89. The van der Waals surface area contributed by atoms with Gasteiger partial charge in [0.25, 0.3) is 17.1 Å². The van der Waals surface area contributed by atoms with E-state index in [1.165, 1.54) is 43.5 Å². The summed E-state index contributed by atoms with van der Waals surface area (Å²) in [7, 11) is 1.29. The average Bonchev–Trinajstić information content (AvgIpc) is 3.01. The lowest BCUT2D eigenvalue weighted by Crippen LogP contribution is -2.37. The molecule has 2 N–H and O–H groups in total. The second kappa shape index (κ2) is 10.3. The van der Waals surface area contributed by atoms with Gasteiger partial charge in [-0.25, -0.2) is 0 Å². The molecule has 1 aliphatic rings. The minimum Gasteiger partial charge on any atom is -0.507 e. The number of phenols is 1. The van der Waals surface area contributed by atoms with Crippen molar-refractivity contribution in [3.63, 3.8) is 0 Å². The zero-order valence-electron chi connectivity index (χ0n) is 17.6. The Bertz CT molecular complexity index is 1120. The molecule has 0 saturated carbocycles. The normalized spacial score (nSPS) is 14.8. The van der Waals surface area contributed by atoms with E-state index in [0.29, 0.717) is 5.56 Å². The number of halogens is 2. The van der Waals surface area contributed by atoms with E-state index in [2.05, 4.69) is 10.1 Å². The van der Waals surface area contributed by atoms with Crippen molar-refractivity contribution >= 4 is 34.9 Å². The molecule has 11 heteroatoms. The number of hydrogen-bond acceptors (Lipinski definition) is 7. The Morgan fingerprint density at radius 2 is 1.97 bits per heavy atom. The fraction of sp³-hybridized carbons (Fsp3) is 0.227. The first-order valence-corrected chi connectivity index (χ1v) is 10.5. The number of carbonyl (C=O) groups is 3. The van der Waals surface area contributed by atoms with Gasteiger partial charge in [-0.1, -0.05) is 12.1 Å². The fourth-order valence-electron chi connectivity index (χ4n) is 3.02. The highest BCUT2D eigenvalue weighted by atomic mass is 32.2. The summed E-state index contributed by atoms with van der Waals surface area (Å²) in [5, 5.41) is 11.9. The Kier molecular flexibility index (Phi) is 7.54. The predicted octanol–water partition coefficient (Wildman–Crippen LogP) is 3.78. The van der Waals surface area contributed by atoms with Crippen molar-refractivity contribution in [3.8, 4) is 17.2 Å². The molecule has 8 nitrogen and oxygen atoms in total. The van der Waals surface area contributed by atoms with Gasteiger partial charge in [0.2, 0.25) is 0 Å². The van der Waals surface area contributed by atoms with Crippen molar-refractivity contribution in [2.75, 3.05) is 20.2 Å². The summed E-state index contributed by atoms with van der Waals surface area (Å²) in [4.78, 5) is 38.2. The van der Waals surface area contributed by atoms with E-state index in [4.69, 9.17) is 4.74 Å². The Morgan fingerprint density at radius 3 is 2.64 bits per heavy atom. The molecule has 3 amide bonds. The van der Waals surface area contributed by atoms with Crippen LogP contribution in [0.3, 0.4) is 0 Å². The number of thioether (sulfide) groups is 1. The van der Waals surface area contributed by atoms with E-state index in [-0.39, 0.29) is 40.8 Å². The highest BCUT2D eigenvalue weighted by Gasteiger charge is 2.34. The van der Waals surface area contributed by atoms with E-state index in [1.54, 1.807) is 13.0 Å². The summed E-state index contributed by atoms with van der Waals surface area (Å²) in [5.74, 6) is -1.36. The molecule has 1 saturated heterocycles. The van der Waals surface area contributed by atoms with E-state index in [1.807, 2.05) is 0 Å².